The van der Waals surface area contributed by atoms with Crippen molar-refractivity contribution < 1.29 is 23.9 Å². The third-order valence-corrected chi connectivity index (χ3v) is 5.23. The van der Waals surface area contributed by atoms with Crippen LogP contribution in [0.25, 0.3) is 0 Å². The highest BCUT2D eigenvalue weighted by Gasteiger charge is 2.37. The number of esters is 1. The number of imide groups is 1. The van der Waals surface area contributed by atoms with Crippen LogP contribution in [0.15, 0.2) is 42.5 Å². The van der Waals surface area contributed by atoms with Gasteiger partial charge in [0.2, 0.25) is 5.78 Å². The molecule has 2 aromatic carbocycles. The summed E-state index contributed by atoms with van der Waals surface area (Å²) in [5.41, 5.74) is 3.45. The number of ether oxygens (including phenoxy) is 1. The number of amides is 2. The van der Waals surface area contributed by atoms with Gasteiger partial charge in [0.05, 0.1) is 11.1 Å². The molecule has 1 atom stereocenters. The van der Waals surface area contributed by atoms with Crippen molar-refractivity contribution in [2.75, 3.05) is 6.54 Å². The van der Waals surface area contributed by atoms with Gasteiger partial charge in [-0.25, -0.2) is 0 Å². The molecule has 1 aliphatic carbocycles. The second-order valence-electron chi connectivity index (χ2n) is 7.08. The largest absolute Gasteiger partial charge is 0.453 e. The van der Waals surface area contributed by atoms with Crippen molar-refractivity contribution in [2.45, 2.75) is 32.3 Å². The Hall–Kier alpha value is -3.28. The molecule has 0 fully saturated rings. The van der Waals surface area contributed by atoms with Crippen molar-refractivity contribution >= 4 is 23.6 Å². The first-order chi connectivity index (χ1) is 13.5. The van der Waals surface area contributed by atoms with Crippen molar-refractivity contribution in [1.29, 1.82) is 0 Å². The number of rotatable bonds is 5. The minimum Gasteiger partial charge on any atom is -0.453 e. The fraction of sp³-hybridized carbons (Fsp3) is 0.273. The molecule has 0 saturated heterocycles. The summed E-state index contributed by atoms with van der Waals surface area (Å²) in [7, 11) is 0. The number of benzene rings is 2. The second kappa shape index (κ2) is 7.03. The summed E-state index contributed by atoms with van der Waals surface area (Å²) < 4.78 is 5.21. The van der Waals surface area contributed by atoms with Gasteiger partial charge in [0.25, 0.3) is 11.8 Å². The van der Waals surface area contributed by atoms with Crippen molar-refractivity contribution in [2.24, 2.45) is 0 Å². The first kappa shape index (κ1) is 18.1. The summed E-state index contributed by atoms with van der Waals surface area (Å²) in [6.45, 7) is 0.976. The SMILES string of the molecule is C[C@@H](OC(=O)CN1C(=O)c2ccccc2C1=O)C(=O)c1ccc2c(c1)CCC2. The summed E-state index contributed by atoms with van der Waals surface area (Å²) in [6, 6.07) is 12.0. The molecule has 6 heteroatoms. The molecular weight excluding hydrogens is 358 g/mol. The highest BCUT2D eigenvalue weighted by molar-refractivity contribution is 6.22. The van der Waals surface area contributed by atoms with Gasteiger partial charge in [0.1, 0.15) is 6.54 Å². The van der Waals surface area contributed by atoms with Gasteiger partial charge in [0, 0.05) is 5.56 Å². The van der Waals surface area contributed by atoms with Crippen LogP contribution in [0, 0.1) is 0 Å². The van der Waals surface area contributed by atoms with Gasteiger partial charge in [-0.3, -0.25) is 24.1 Å². The fourth-order valence-electron chi connectivity index (χ4n) is 3.76. The number of Topliss-reactive ketones (excluding diaryl/α,β-unsaturated/α-hetero) is 1. The Morgan fingerprint density at radius 3 is 2.32 bits per heavy atom. The van der Waals surface area contributed by atoms with E-state index in [0.717, 1.165) is 29.7 Å². The van der Waals surface area contributed by atoms with Crippen LogP contribution in [0.4, 0.5) is 0 Å². The molecule has 0 radical (unpaired) electrons. The molecule has 1 heterocycles. The number of nitrogens with zero attached hydrogens (tertiary/aromatic N) is 1. The maximum absolute atomic E-state index is 12.6. The van der Waals surface area contributed by atoms with E-state index in [1.165, 1.54) is 12.5 Å². The monoisotopic (exact) mass is 377 g/mol. The Morgan fingerprint density at radius 1 is 1.00 bits per heavy atom. The summed E-state index contributed by atoms with van der Waals surface area (Å²) in [5, 5.41) is 0. The molecule has 0 aromatic heterocycles. The van der Waals surface area contributed by atoms with Gasteiger partial charge in [0.15, 0.2) is 6.10 Å². The van der Waals surface area contributed by atoms with E-state index in [2.05, 4.69) is 0 Å². The van der Waals surface area contributed by atoms with E-state index in [1.54, 1.807) is 30.3 Å². The van der Waals surface area contributed by atoms with Crippen LogP contribution < -0.4 is 0 Å². The van der Waals surface area contributed by atoms with Crippen molar-refractivity contribution in [3.05, 3.63) is 70.3 Å². The van der Waals surface area contributed by atoms with E-state index >= 15 is 0 Å². The topological polar surface area (TPSA) is 80.8 Å². The van der Waals surface area contributed by atoms with Crippen LogP contribution in [-0.2, 0) is 22.4 Å². The number of ketones is 1. The standard InChI is InChI=1S/C22H19NO5/c1-13(20(25)16-10-9-14-5-4-6-15(14)11-16)28-19(24)12-23-21(26)17-7-2-3-8-18(17)22(23)27/h2-3,7-11,13H,4-6,12H2,1H3/t13-/m1/s1. The van der Waals surface area contributed by atoms with Gasteiger partial charge >= 0.3 is 5.97 Å². The Balaban J connectivity index is 1.41. The minimum atomic E-state index is -0.998. The normalized spacial score (nSPS) is 16.0. The zero-order chi connectivity index (χ0) is 19.8. The molecule has 6 nitrogen and oxygen atoms in total. The number of fused-ring (bicyclic) bond motifs is 2. The van der Waals surface area contributed by atoms with Crippen LogP contribution in [0.5, 0.6) is 0 Å². The molecule has 142 valence electrons. The number of hydrogen-bond donors (Lipinski definition) is 0. The molecule has 2 amide bonds. The van der Waals surface area contributed by atoms with Gasteiger partial charge in [-0.2, -0.15) is 0 Å². The quantitative estimate of drug-likeness (QED) is 0.455. The maximum atomic E-state index is 12.6. The second-order valence-corrected chi connectivity index (χ2v) is 7.08. The molecule has 0 bridgehead atoms. The van der Waals surface area contributed by atoms with E-state index in [0.29, 0.717) is 5.56 Å². The summed E-state index contributed by atoms with van der Waals surface area (Å²) in [6.07, 6.45) is 2.05. The van der Waals surface area contributed by atoms with E-state index in [9.17, 15) is 19.2 Å². The highest BCUT2D eigenvalue weighted by atomic mass is 16.5. The van der Waals surface area contributed by atoms with E-state index in [-0.39, 0.29) is 16.9 Å². The smallest absolute Gasteiger partial charge is 0.326 e. The summed E-state index contributed by atoms with van der Waals surface area (Å²) in [5.74, 6) is -2.16. The first-order valence-electron chi connectivity index (χ1n) is 9.26. The lowest BCUT2D eigenvalue weighted by molar-refractivity contribution is -0.146. The number of carbonyl (C=O) groups excluding carboxylic acids is 4. The molecule has 2 aliphatic rings. The van der Waals surface area contributed by atoms with Crippen molar-refractivity contribution in [3.63, 3.8) is 0 Å². The minimum absolute atomic E-state index is 0.266. The zero-order valence-electron chi connectivity index (χ0n) is 15.4. The Bertz CT molecular complexity index is 975. The third kappa shape index (κ3) is 3.11. The van der Waals surface area contributed by atoms with Crippen molar-refractivity contribution in [1.82, 2.24) is 4.90 Å². The average molecular weight is 377 g/mol. The molecule has 0 spiro atoms. The first-order valence-corrected chi connectivity index (χ1v) is 9.26. The number of aryl methyl sites for hydroxylation is 2. The fourth-order valence-corrected chi connectivity index (χ4v) is 3.76. The van der Waals surface area contributed by atoms with Crippen LogP contribution >= 0.6 is 0 Å². The van der Waals surface area contributed by atoms with Gasteiger partial charge < -0.3 is 4.74 Å². The van der Waals surface area contributed by atoms with E-state index in [1.807, 2.05) is 12.1 Å². The van der Waals surface area contributed by atoms with E-state index < -0.39 is 30.4 Å². The molecular formula is C22H19NO5. The lowest BCUT2D eigenvalue weighted by atomic mass is 10.0. The average Bonchev–Trinajstić information content (AvgIpc) is 3.26. The van der Waals surface area contributed by atoms with Crippen LogP contribution in [0.1, 0.15) is 55.5 Å². The molecule has 0 N–H and O–H groups in total. The maximum Gasteiger partial charge on any atom is 0.326 e. The van der Waals surface area contributed by atoms with Crippen LogP contribution in [-0.4, -0.2) is 41.1 Å². The van der Waals surface area contributed by atoms with E-state index in [4.69, 9.17) is 4.74 Å². The lowest BCUT2D eigenvalue weighted by Crippen LogP contribution is -2.37. The van der Waals surface area contributed by atoms with Crippen molar-refractivity contribution in [3.8, 4) is 0 Å². The van der Waals surface area contributed by atoms with Crippen LogP contribution in [0.2, 0.25) is 0 Å². The predicted molar refractivity (Wildman–Crippen MR) is 100 cm³/mol. The van der Waals surface area contributed by atoms with Crippen LogP contribution in [0.3, 0.4) is 0 Å². The van der Waals surface area contributed by atoms with Gasteiger partial charge in [-0.05, 0) is 55.5 Å². The highest BCUT2D eigenvalue weighted by Crippen LogP contribution is 2.24. The zero-order valence-corrected chi connectivity index (χ0v) is 15.4. The Labute approximate surface area is 162 Å². The Kier molecular flexibility index (Phi) is 4.55. The molecule has 0 unspecified atom stereocenters. The predicted octanol–water partition coefficient (Wildman–Crippen LogP) is 2.59. The van der Waals surface area contributed by atoms with Gasteiger partial charge in [-0.15, -0.1) is 0 Å². The molecule has 1 aliphatic heterocycles. The summed E-state index contributed by atoms with van der Waals surface area (Å²) in [4.78, 5) is 50.3. The van der Waals surface area contributed by atoms with Gasteiger partial charge in [-0.1, -0.05) is 24.3 Å². The Morgan fingerprint density at radius 2 is 1.64 bits per heavy atom. The molecule has 0 saturated carbocycles. The number of carbonyl (C=O) groups is 4. The molecule has 28 heavy (non-hydrogen) atoms. The number of hydrogen-bond acceptors (Lipinski definition) is 5. The molecule has 2 aromatic rings. The molecule has 4 rings (SSSR count). The third-order valence-electron chi connectivity index (χ3n) is 5.23. The summed E-state index contributed by atoms with van der Waals surface area (Å²) >= 11 is 0. The lowest BCUT2D eigenvalue weighted by Gasteiger charge is -2.16.